The van der Waals surface area contributed by atoms with Gasteiger partial charge in [0.15, 0.2) is 0 Å². The Morgan fingerprint density at radius 1 is 1.00 bits per heavy atom. The van der Waals surface area contributed by atoms with Crippen LogP contribution in [-0.4, -0.2) is 28.6 Å². The number of nitrogens with zero attached hydrogens (tertiary/aromatic N) is 3. The van der Waals surface area contributed by atoms with Crippen LogP contribution in [0.4, 0.5) is 11.9 Å². The van der Waals surface area contributed by atoms with E-state index in [1.807, 2.05) is 0 Å². The molecule has 0 saturated heterocycles. The normalized spacial score (nSPS) is 10.2. The van der Waals surface area contributed by atoms with Crippen molar-refractivity contribution in [1.29, 1.82) is 0 Å². The van der Waals surface area contributed by atoms with Crippen LogP contribution in [0.15, 0.2) is 24.3 Å². The second-order valence-electron chi connectivity index (χ2n) is 4.74. The molecule has 21 heavy (non-hydrogen) atoms. The summed E-state index contributed by atoms with van der Waals surface area (Å²) < 4.78 is 5.10. The molecule has 0 fully saturated rings. The standard InChI is InChI=1S/C15H21N5O/c1-4-9-16-13-18-14(20-15(19-13)21-3)17-10-12-7-5-11(2)6-8-12/h5-8H,4,9-10H2,1-3H3,(H2,16,17,18,19,20). The molecule has 1 aromatic carbocycles. The summed E-state index contributed by atoms with van der Waals surface area (Å²) in [6.45, 7) is 5.62. The average Bonchev–Trinajstić information content (AvgIpc) is 2.52. The minimum absolute atomic E-state index is 0.301. The quantitative estimate of drug-likeness (QED) is 0.815. The maximum atomic E-state index is 5.10. The van der Waals surface area contributed by atoms with Crippen molar-refractivity contribution in [3.63, 3.8) is 0 Å². The van der Waals surface area contributed by atoms with Crippen molar-refractivity contribution in [2.24, 2.45) is 0 Å². The maximum Gasteiger partial charge on any atom is 0.322 e. The number of nitrogens with one attached hydrogen (secondary N) is 2. The molecule has 6 nitrogen and oxygen atoms in total. The van der Waals surface area contributed by atoms with Gasteiger partial charge in [-0.2, -0.15) is 15.0 Å². The predicted molar refractivity (Wildman–Crippen MR) is 83.7 cm³/mol. The van der Waals surface area contributed by atoms with E-state index in [4.69, 9.17) is 4.74 Å². The molecule has 0 spiro atoms. The Kier molecular flexibility index (Phi) is 5.31. The van der Waals surface area contributed by atoms with Gasteiger partial charge in [0, 0.05) is 13.1 Å². The SMILES string of the molecule is CCCNc1nc(NCc2ccc(C)cc2)nc(OC)n1. The van der Waals surface area contributed by atoms with E-state index in [1.54, 1.807) is 7.11 Å². The van der Waals surface area contributed by atoms with Gasteiger partial charge in [-0.3, -0.25) is 0 Å². The third kappa shape index (κ3) is 4.59. The van der Waals surface area contributed by atoms with E-state index in [0.29, 0.717) is 24.5 Å². The molecular weight excluding hydrogens is 266 g/mol. The fourth-order valence-corrected chi connectivity index (χ4v) is 1.73. The number of ether oxygens (including phenoxy) is 1. The Morgan fingerprint density at radius 3 is 2.29 bits per heavy atom. The number of benzene rings is 1. The van der Waals surface area contributed by atoms with Crippen LogP contribution in [0.5, 0.6) is 6.01 Å². The molecule has 2 N–H and O–H groups in total. The molecule has 0 bridgehead atoms. The van der Waals surface area contributed by atoms with E-state index in [0.717, 1.165) is 13.0 Å². The van der Waals surface area contributed by atoms with Crippen LogP contribution >= 0.6 is 0 Å². The van der Waals surface area contributed by atoms with Gasteiger partial charge in [-0.25, -0.2) is 0 Å². The van der Waals surface area contributed by atoms with Crippen LogP contribution in [-0.2, 0) is 6.54 Å². The van der Waals surface area contributed by atoms with Gasteiger partial charge in [0.05, 0.1) is 7.11 Å². The van der Waals surface area contributed by atoms with Gasteiger partial charge in [-0.05, 0) is 18.9 Å². The molecule has 0 amide bonds. The van der Waals surface area contributed by atoms with Crippen LogP contribution in [0.3, 0.4) is 0 Å². The van der Waals surface area contributed by atoms with E-state index in [1.165, 1.54) is 11.1 Å². The fourth-order valence-electron chi connectivity index (χ4n) is 1.73. The molecule has 0 aliphatic carbocycles. The van der Waals surface area contributed by atoms with Gasteiger partial charge in [0.1, 0.15) is 0 Å². The molecule has 1 heterocycles. The lowest BCUT2D eigenvalue weighted by molar-refractivity contribution is 0.379. The first-order chi connectivity index (χ1) is 10.2. The Labute approximate surface area is 125 Å². The molecule has 6 heteroatoms. The Morgan fingerprint density at radius 2 is 1.67 bits per heavy atom. The highest BCUT2D eigenvalue weighted by atomic mass is 16.5. The summed E-state index contributed by atoms with van der Waals surface area (Å²) in [5, 5.41) is 6.32. The molecule has 1 aromatic heterocycles. The van der Waals surface area contributed by atoms with Crippen LogP contribution in [0.1, 0.15) is 24.5 Å². The zero-order valence-electron chi connectivity index (χ0n) is 12.7. The van der Waals surface area contributed by atoms with Gasteiger partial charge in [-0.1, -0.05) is 36.8 Å². The second kappa shape index (κ2) is 7.42. The van der Waals surface area contributed by atoms with E-state index in [2.05, 4.69) is 63.7 Å². The Balaban J connectivity index is 2.05. The monoisotopic (exact) mass is 287 g/mol. The highest BCUT2D eigenvalue weighted by Crippen LogP contribution is 2.12. The van der Waals surface area contributed by atoms with Gasteiger partial charge in [-0.15, -0.1) is 0 Å². The summed E-state index contributed by atoms with van der Waals surface area (Å²) in [4.78, 5) is 12.7. The Hall–Kier alpha value is -2.37. The fraction of sp³-hybridized carbons (Fsp3) is 0.400. The summed E-state index contributed by atoms with van der Waals surface area (Å²) in [5.74, 6) is 1.02. The summed E-state index contributed by atoms with van der Waals surface area (Å²) in [6.07, 6.45) is 1.00. The van der Waals surface area contributed by atoms with Gasteiger partial charge in [0.2, 0.25) is 11.9 Å². The lowest BCUT2D eigenvalue weighted by atomic mass is 10.1. The van der Waals surface area contributed by atoms with Crippen molar-refractivity contribution in [3.05, 3.63) is 35.4 Å². The van der Waals surface area contributed by atoms with E-state index in [9.17, 15) is 0 Å². The second-order valence-corrected chi connectivity index (χ2v) is 4.74. The minimum atomic E-state index is 0.301. The first kappa shape index (κ1) is 15.0. The average molecular weight is 287 g/mol. The van der Waals surface area contributed by atoms with Crippen LogP contribution in [0, 0.1) is 6.92 Å². The number of aryl methyl sites for hydroxylation is 1. The van der Waals surface area contributed by atoms with Crippen molar-refractivity contribution in [3.8, 4) is 6.01 Å². The molecule has 0 atom stereocenters. The molecule has 0 saturated carbocycles. The van der Waals surface area contributed by atoms with Gasteiger partial charge < -0.3 is 15.4 Å². The molecule has 0 radical (unpaired) electrons. The van der Waals surface area contributed by atoms with Crippen molar-refractivity contribution in [1.82, 2.24) is 15.0 Å². The van der Waals surface area contributed by atoms with Crippen LogP contribution in [0.2, 0.25) is 0 Å². The Bertz CT molecular complexity index is 571. The van der Waals surface area contributed by atoms with Crippen molar-refractivity contribution < 1.29 is 4.74 Å². The summed E-state index contributed by atoms with van der Waals surface area (Å²) in [7, 11) is 1.54. The maximum absolute atomic E-state index is 5.10. The zero-order valence-corrected chi connectivity index (χ0v) is 12.7. The highest BCUT2D eigenvalue weighted by molar-refractivity contribution is 5.36. The minimum Gasteiger partial charge on any atom is -0.467 e. The molecule has 0 aliphatic rings. The van der Waals surface area contributed by atoms with E-state index in [-0.39, 0.29) is 0 Å². The molecule has 2 aromatic rings. The van der Waals surface area contributed by atoms with Crippen molar-refractivity contribution in [2.75, 3.05) is 24.3 Å². The predicted octanol–water partition coefficient (Wildman–Crippen LogP) is 2.62. The van der Waals surface area contributed by atoms with Crippen LogP contribution < -0.4 is 15.4 Å². The molecule has 112 valence electrons. The smallest absolute Gasteiger partial charge is 0.322 e. The third-order valence-electron chi connectivity index (χ3n) is 2.90. The van der Waals surface area contributed by atoms with Crippen LogP contribution in [0.25, 0.3) is 0 Å². The zero-order chi connectivity index (χ0) is 15.1. The number of methoxy groups -OCH3 is 1. The topological polar surface area (TPSA) is 72.0 Å². The van der Waals surface area contributed by atoms with Gasteiger partial charge in [0.25, 0.3) is 0 Å². The first-order valence-corrected chi connectivity index (χ1v) is 7.04. The molecule has 2 rings (SSSR count). The number of aromatic nitrogens is 3. The van der Waals surface area contributed by atoms with Gasteiger partial charge >= 0.3 is 6.01 Å². The lowest BCUT2D eigenvalue weighted by Crippen LogP contribution is -2.10. The van der Waals surface area contributed by atoms with Crippen molar-refractivity contribution >= 4 is 11.9 Å². The van der Waals surface area contributed by atoms with E-state index >= 15 is 0 Å². The highest BCUT2D eigenvalue weighted by Gasteiger charge is 2.06. The number of rotatable bonds is 7. The lowest BCUT2D eigenvalue weighted by Gasteiger charge is -2.09. The number of hydrogen-bond donors (Lipinski definition) is 2. The summed E-state index contributed by atoms with van der Waals surface area (Å²) in [6, 6.07) is 8.63. The van der Waals surface area contributed by atoms with E-state index < -0.39 is 0 Å². The third-order valence-corrected chi connectivity index (χ3v) is 2.90. The summed E-state index contributed by atoms with van der Waals surface area (Å²) in [5.41, 5.74) is 2.41. The molecule has 0 unspecified atom stereocenters. The largest absolute Gasteiger partial charge is 0.467 e. The van der Waals surface area contributed by atoms with Crippen molar-refractivity contribution in [2.45, 2.75) is 26.8 Å². The number of hydrogen-bond acceptors (Lipinski definition) is 6. The summed E-state index contributed by atoms with van der Waals surface area (Å²) >= 11 is 0. The number of anilines is 2. The first-order valence-electron chi connectivity index (χ1n) is 7.04. The molecule has 0 aliphatic heterocycles. The molecular formula is C15H21N5O.